The molecule has 0 radical (unpaired) electrons. The van der Waals surface area contributed by atoms with Crippen LogP contribution in [0.3, 0.4) is 0 Å². The van der Waals surface area contributed by atoms with Gasteiger partial charge in [-0.15, -0.1) is 10.2 Å². The minimum absolute atomic E-state index is 0.165. The number of carbonyl (C=O) groups is 1. The Morgan fingerprint density at radius 2 is 1.95 bits per heavy atom. The second kappa shape index (κ2) is 7.11. The molecule has 19 heavy (non-hydrogen) atoms. The molecule has 1 rings (SSSR count). The summed E-state index contributed by atoms with van der Waals surface area (Å²) in [6, 6.07) is 4.83. The minimum Gasteiger partial charge on any atom is -0.510 e. The average Bonchev–Trinajstić information content (AvgIpc) is 2.32. The van der Waals surface area contributed by atoms with E-state index >= 15 is 0 Å². The third-order valence-electron chi connectivity index (χ3n) is 2.00. The first-order chi connectivity index (χ1) is 8.97. The van der Waals surface area contributed by atoms with Crippen LogP contribution in [0.4, 0.5) is 5.69 Å². The maximum Gasteiger partial charge on any atom is 0.362 e. The van der Waals surface area contributed by atoms with Gasteiger partial charge in [0.05, 0.1) is 16.7 Å². The van der Waals surface area contributed by atoms with Crippen LogP contribution in [0.1, 0.15) is 13.8 Å². The van der Waals surface area contributed by atoms with E-state index in [2.05, 4.69) is 10.2 Å². The predicted molar refractivity (Wildman–Crippen MR) is 72.9 cm³/mol. The molecule has 0 unspecified atom stereocenters. The van der Waals surface area contributed by atoms with Crippen LogP contribution < -0.4 is 0 Å². The second-order valence-electron chi connectivity index (χ2n) is 3.42. The summed E-state index contributed by atoms with van der Waals surface area (Å²) in [6.45, 7) is 3.11. The number of hydrogen-bond acceptors (Lipinski definition) is 5. The van der Waals surface area contributed by atoms with Gasteiger partial charge in [0.2, 0.25) is 5.70 Å². The van der Waals surface area contributed by atoms with Crippen molar-refractivity contribution in [1.29, 1.82) is 0 Å². The normalized spacial score (nSPS) is 12.4. The fraction of sp³-hybridized carbons (Fsp3) is 0.250. The van der Waals surface area contributed by atoms with Crippen molar-refractivity contribution in [3.63, 3.8) is 0 Å². The molecule has 0 saturated carbocycles. The number of benzene rings is 1. The number of aliphatic hydroxyl groups excluding tert-OH is 1. The first kappa shape index (κ1) is 15.5. The third kappa shape index (κ3) is 4.22. The Balaban J connectivity index is 3.08. The number of azo groups is 1. The van der Waals surface area contributed by atoms with Crippen molar-refractivity contribution >= 4 is 34.9 Å². The maximum absolute atomic E-state index is 11.5. The van der Waals surface area contributed by atoms with Gasteiger partial charge in [0, 0.05) is 0 Å². The lowest BCUT2D eigenvalue weighted by Crippen LogP contribution is -2.07. The van der Waals surface area contributed by atoms with Crippen LogP contribution in [0.2, 0.25) is 10.0 Å². The fourth-order valence-corrected chi connectivity index (χ4v) is 1.62. The van der Waals surface area contributed by atoms with Gasteiger partial charge >= 0.3 is 5.97 Å². The van der Waals surface area contributed by atoms with Crippen molar-refractivity contribution < 1.29 is 14.6 Å². The molecule has 0 bridgehead atoms. The molecule has 0 amide bonds. The summed E-state index contributed by atoms with van der Waals surface area (Å²) in [5.74, 6) is -1.07. The van der Waals surface area contributed by atoms with Gasteiger partial charge in [-0.1, -0.05) is 29.3 Å². The molecule has 0 atom stereocenters. The number of ether oxygens (including phenoxy) is 1. The van der Waals surface area contributed by atoms with E-state index < -0.39 is 5.97 Å². The molecule has 1 N–H and O–H groups in total. The number of hydrogen-bond donors (Lipinski definition) is 1. The van der Waals surface area contributed by atoms with Crippen molar-refractivity contribution in [3.05, 3.63) is 39.7 Å². The topological polar surface area (TPSA) is 71.2 Å². The van der Waals surface area contributed by atoms with E-state index in [1.54, 1.807) is 25.1 Å². The Kier molecular flexibility index (Phi) is 5.79. The number of halogens is 2. The number of allylic oxidation sites excluding steroid dienone is 1. The van der Waals surface area contributed by atoms with E-state index in [1.807, 2.05) is 0 Å². The molecule has 1 aromatic carbocycles. The number of carbonyl (C=O) groups excluding carboxylic acids is 1. The molecule has 0 aliphatic carbocycles. The zero-order chi connectivity index (χ0) is 14.4. The minimum atomic E-state index is -0.769. The molecule has 0 spiro atoms. The summed E-state index contributed by atoms with van der Waals surface area (Å²) in [5.41, 5.74) is -0.0771. The first-order valence-electron chi connectivity index (χ1n) is 5.40. The average molecular weight is 303 g/mol. The van der Waals surface area contributed by atoms with Crippen molar-refractivity contribution in [2.75, 3.05) is 6.61 Å². The molecule has 0 heterocycles. The van der Waals surface area contributed by atoms with Gasteiger partial charge in [-0.05, 0) is 26.0 Å². The summed E-state index contributed by atoms with van der Waals surface area (Å²) in [6.07, 6.45) is 0. The highest BCUT2D eigenvalue weighted by molar-refractivity contribution is 6.38. The van der Waals surface area contributed by atoms with Crippen molar-refractivity contribution in [2.24, 2.45) is 10.2 Å². The third-order valence-corrected chi connectivity index (χ3v) is 2.61. The molecule has 0 aromatic heterocycles. The Morgan fingerprint density at radius 3 is 2.42 bits per heavy atom. The molecule has 1 aromatic rings. The van der Waals surface area contributed by atoms with Gasteiger partial charge in [0.15, 0.2) is 0 Å². The quantitative estimate of drug-likeness (QED) is 0.387. The SMILES string of the molecule is CCOC(=O)/C(N=Nc1c(Cl)cccc1Cl)=C(\C)O. The lowest BCUT2D eigenvalue weighted by Gasteiger charge is -2.03. The second-order valence-corrected chi connectivity index (χ2v) is 4.24. The largest absolute Gasteiger partial charge is 0.510 e. The number of nitrogens with zero attached hydrogens (tertiary/aromatic N) is 2. The zero-order valence-electron chi connectivity index (χ0n) is 10.4. The predicted octanol–water partition coefficient (Wildman–Crippen LogP) is 4.43. The van der Waals surface area contributed by atoms with Gasteiger partial charge in [-0.2, -0.15) is 0 Å². The Hall–Kier alpha value is -1.59. The van der Waals surface area contributed by atoms with Gasteiger partial charge in [0.25, 0.3) is 0 Å². The maximum atomic E-state index is 11.5. The molecule has 0 fully saturated rings. The summed E-state index contributed by atoms with van der Waals surface area (Å²) in [7, 11) is 0. The van der Waals surface area contributed by atoms with Crippen LogP contribution in [0.25, 0.3) is 0 Å². The van der Waals surface area contributed by atoms with E-state index in [9.17, 15) is 9.90 Å². The number of rotatable bonds is 4. The molecule has 102 valence electrons. The molecule has 0 aliphatic heterocycles. The van der Waals surface area contributed by atoms with E-state index in [0.717, 1.165) is 0 Å². The zero-order valence-corrected chi connectivity index (χ0v) is 11.9. The van der Waals surface area contributed by atoms with Crippen LogP contribution in [0.15, 0.2) is 39.9 Å². The summed E-state index contributed by atoms with van der Waals surface area (Å²) in [5, 5.41) is 17.4. The van der Waals surface area contributed by atoms with Gasteiger partial charge < -0.3 is 9.84 Å². The molecule has 7 heteroatoms. The van der Waals surface area contributed by atoms with Gasteiger partial charge in [0.1, 0.15) is 11.4 Å². The first-order valence-corrected chi connectivity index (χ1v) is 6.15. The van der Waals surface area contributed by atoms with Crippen molar-refractivity contribution in [2.45, 2.75) is 13.8 Å². The van der Waals surface area contributed by atoms with E-state index in [-0.39, 0.29) is 33.8 Å². The summed E-state index contributed by atoms with van der Waals surface area (Å²) < 4.78 is 4.74. The van der Waals surface area contributed by atoms with Crippen LogP contribution >= 0.6 is 23.2 Å². The van der Waals surface area contributed by atoms with Crippen molar-refractivity contribution in [3.8, 4) is 0 Å². The highest BCUT2D eigenvalue weighted by Gasteiger charge is 2.14. The lowest BCUT2D eigenvalue weighted by molar-refractivity contribution is -0.138. The van der Waals surface area contributed by atoms with Crippen LogP contribution in [-0.2, 0) is 9.53 Å². The molecule has 0 saturated heterocycles. The van der Waals surface area contributed by atoms with Crippen LogP contribution in [0.5, 0.6) is 0 Å². The number of esters is 1. The van der Waals surface area contributed by atoms with E-state index in [0.29, 0.717) is 0 Å². The highest BCUT2D eigenvalue weighted by atomic mass is 35.5. The highest BCUT2D eigenvalue weighted by Crippen LogP contribution is 2.33. The summed E-state index contributed by atoms with van der Waals surface area (Å²) in [4.78, 5) is 11.5. The van der Waals surface area contributed by atoms with Gasteiger partial charge in [-0.3, -0.25) is 0 Å². The monoisotopic (exact) mass is 302 g/mol. The molecular weight excluding hydrogens is 291 g/mol. The Labute approximate surface area is 120 Å². The van der Waals surface area contributed by atoms with Crippen LogP contribution in [-0.4, -0.2) is 17.7 Å². The van der Waals surface area contributed by atoms with E-state index in [1.165, 1.54) is 6.92 Å². The molecule has 0 aliphatic rings. The summed E-state index contributed by atoms with van der Waals surface area (Å²) >= 11 is 11.8. The molecule has 5 nitrogen and oxygen atoms in total. The Morgan fingerprint density at radius 1 is 1.37 bits per heavy atom. The fourth-order valence-electron chi connectivity index (χ4n) is 1.14. The Bertz CT molecular complexity index is 518. The standard InChI is InChI=1S/C12H12Cl2N2O3/c1-3-19-12(18)10(7(2)17)15-16-11-8(13)5-4-6-9(11)14/h4-6,17H,3H2,1-2H3/b10-7-,16-15?. The number of aliphatic hydroxyl groups is 1. The van der Waals surface area contributed by atoms with Gasteiger partial charge in [-0.25, -0.2) is 4.79 Å². The molecular formula is C12H12Cl2N2O3. The van der Waals surface area contributed by atoms with E-state index in [4.69, 9.17) is 27.9 Å². The van der Waals surface area contributed by atoms with Crippen LogP contribution in [0, 0.1) is 0 Å². The van der Waals surface area contributed by atoms with Crippen molar-refractivity contribution in [1.82, 2.24) is 0 Å². The smallest absolute Gasteiger partial charge is 0.362 e. The lowest BCUT2D eigenvalue weighted by atomic mass is 10.3.